The molecule has 0 spiro atoms. The van der Waals surface area contributed by atoms with E-state index in [4.69, 9.17) is 4.74 Å². The van der Waals surface area contributed by atoms with Crippen LogP contribution in [0.25, 0.3) is 5.57 Å². The number of nitrogens with zero attached hydrogens (tertiary/aromatic N) is 1. The predicted octanol–water partition coefficient (Wildman–Crippen LogP) is 2.15. The summed E-state index contributed by atoms with van der Waals surface area (Å²) in [6.07, 6.45) is 1.77. The van der Waals surface area contributed by atoms with Gasteiger partial charge in [-0.3, -0.25) is 0 Å². The molecule has 1 aromatic carbocycles. The first-order valence-electron chi connectivity index (χ1n) is 5.26. The normalized spacial score (nSPS) is 11.1. The van der Waals surface area contributed by atoms with Crippen molar-refractivity contribution in [2.24, 2.45) is 0 Å². The van der Waals surface area contributed by atoms with Crippen LogP contribution in [0, 0.1) is 0 Å². The van der Waals surface area contributed by atoms with E-state index >= 15 is 0 Å². The van der Waals surface area contributed by atoms with E-state index in [-0.39, 0.29) is 5.97 Å². The zero-order chi connectivity index (χ0) is 12.0. The molecular weight excluding hydrogens is 202 g/mol. The fourth-order valence-corrected chi connectivity index (χ4v) is 1.33. The zero-order valence-electron chi connectivity index (χ0n) is 9.93. The number of hydrogen-bond acceptors (Lipinski definition) is 3. The molecule has 16 heavy (non-hydrogen) atoms. The first-order chi connectivity index (χ1) is 7.65. The Bertz CT molecular complexity index is 369. The summed E-state index contributed by atoms with van der Waals surface area (Å²) < 4.78 is 5.03. The van der Waals surface area contributed by atoms with Crippen LogP contribution in [0.3, 0.4) is 0 Å². The Labute approximate surface area is 96.3 Å². The minimum atomic E-state index is -0.289. The Kier molecular flexibility index (Phi) is 4.58. The number of hydrogen-bond donors (Lipinski definition) is 0. The second kappa shape index (κ2) is 5.95. The smallest absolute Gasteiger partial charge is 0.340 e. The first-order valence-corrected chi connectivity index (χ1v) is 5.26. The van der Waals surface area contributed by atoms with Crippen LogP contribution >= 0.6 is 0 Å². The van der Waals surface area contributed by atoms with Crippen LogP contribution in [0.2, 0.25) is 0 Å². The molecule has 0 atom stereocenters. The maximum atomic E-state index is 11.8. The lowest BCUT2D eigenvalue weighted by molar-refractivity contribution is -0.136. The summed E-state index contributed by atoms with van der Waals surface area (Å²) in [5, 5.41) is 0. The monoisotopic (exact) mass is 219 g/mol. The highest BCUT2D eigenvalue weighted by Crippen LogP contribution is 2.16. The number of carbonyl (C=O) groups excluding carboxylic acids is 1. The summed E-state index contributed by atoms with van der Waals surface area (Å²) in [6, 6.07) is 9.51. The minimum Gasteiger partial charge on any atom is -0.462 e. The maximum absolute atomic E-state index is 11.8. The summed E-state index contributed by atoms with van der Waals surface area (Å²) in [5.74, 6) is -0.289. The lowest BCUT2D eigenvalue weighted by Crippen LogP contribution is -2.11. The number of esters is 1. The van der Waals surface area contributed by atoms with Gasteiger partial charge >= 0.3 is 5.97 Å². The average Bonchev–Trinajstić information content (AvgIpc) is 2.27. The molecular formula is C13H17NO2. The summed E-state index contributed by atoms with van der Waals surface area (Å²) in [5.41, 5.74) is 1.45. The Balaban J connectivity index is 3.02. The van der Waals surface area contributed by atoms with Gasteiger partial charge in [-0.25, -0.2) is 4.79 Å². The second-order valence-electron chi connectivity index (χ2n) is 3.59. The third kappa shape index (κ3) is 3.42. The Morgan fingerprint density at radius 1 is 1.31 bits per heavy atom. The number of carbonyl (C=O) groups is 1. The van der Waals surface area contributed by atoms with Crippen molar-refractivity contribution in [2.75, 3.05) is 20.7 Å². The van der Waals surface area contributed by atoms with E-state index in [2.05, 4.69) is 0 Å². The van der Waals surface area contributed by atoms with Crippen LogP contribution < -0.4 is 0 Å². The largest absolute Gasteiger partial charge is 0.462 e. The van der Waals surface area contributed by atoms with Crippen molar-refractivity contribution < 1.29 is 9.53 Å². The average molecular weight is 219 g/mol. The minimum absolute atomic E-state index is 0.289. The van der Waals surface area contributed by atoms with E-state index in [0.29, 0.717) is 12.2 Å². The second-order valence-corrected chi connectivity index (χ2v) is 3.59. The topological polar surface area (TPSA) is 29.5 Å². The molecule has 0 saturated carbocycles. The molecule has 0 bridgehead atoms. The molecule has 3 heteroatoms. The SMILES string of the molecule is CCOC(=O)/C(=C\N(C)C)c1ccccc1. The fraction of sp³-hybridized carbons (Fsp3) is 0.308. The van der Waals surface area contributed by atoms with Gasteiger partial charge in [-0.15, -0.1) is 0 Å². The Morgan fingerprint density at radius 3 is 2.44 bits per heavy atom. The lowest BCUT2D eigenvalue weighted by atomic mass is 10.1. The molecule has 0 aliphatic rings. The molecule has 0 aliphatic carbocycles. The van der Waals surface area contributed by atoms with Crippen LogP contribution in [0.4, 0.5) is 0 Å². The van der Waals surface area contributed by atoms with Crippen molar-refractivity contribution in [1.82, 2.24) is 4.90 Å². The molecule has 1 rings (SSSR count). The van der Waals surface area contributed by atoms with Crippen LogP contribution in [0.15, 0.2) is 36.5 Å². The van der Waals surface area contributed by atoms with Gasteiger partial charge in [0.25, 0.3) is 0 Å². The molecule has 1 aromatic rings. The molecule has 0 aromatic heterocycles. The molecule has 86 valence electrons. The quantitative estimate of drug-likeness (QED) is 0.574. The molecule has 3 nitrogen and oxygen atoms in total. The van der Waals surface area contributed by atoms with Crippen molar-refractivity contribution in [2.45, 2.75) is 6.92 Å². The predicted molar refractivity (Wildman–Crippen MR) is 64.7 cm³/mol. The van der Waals surface area contributed by atoms with Gasteiger partial charge in [0.05, 0.1) is 12.2 Å². The molecule has 0 amide bonds. The summed E-state index contributed by atoms with van der Waals surface area (Å²) in [6.45, 7) is 2.19. The van der Waals surface area contributed by atoms with Crippen molar-refractivity contribution in [3.63, 3.8) is 0 Å². The number of ether oxygens (including phenoxy) is 1. The maximum Gasteiger partial charge on any atom is 0.340 e. The lowest BCUT2D eigenvalue weighted by Gasteiger charge is -2.11. The molecule has 0 fully saturated rings. The van der Waals surface area contributed by atoms with Gasteiger partial charge in [0.15, 0.2) is 0 Å². The third-order valence-electron chi connectivity index (χ3n) is 1.97. The highest BCUT2D eigenvalue weighted by atomic mass is 16.5. The standard InChI is InChI=1S/C13H17NO2/c1-4-16-13(15)12(10-14(2)3)11-8-6-5-7-9-11/h5-10H,4H2,1-3H3/b12-10-. The van der Waals surface area contributed by atoms with E-state index < -0.39 is 0 Å². The molecule has 0 radical (unpaired) electrons. The van der Waals surface area contributed by atoms with Gasteiger partial charge < -0.3 is 9.64 Å². The van der Waals surface area contributed by atoms with Crippen molar-refractivity contribution in [3.05, 3.63) is 42.1 Å². The zero-order valence-corrected chi connectivity index (χ0v) is 9.93. The third-order valence-corrected chi connectivity index (χ3v) is 1.97. The molecule has 0 heterocycles. The molecule has 0 unspecified atom stereocenters. The van der Waals surface area contributed by atoms with E-state index in [1.165, 1.54) is 0 Å². The Hall–Kier alpha value is -1.77. The van der Waals surface area contributed by atoms with Crippen LogP contribution in [0.5, 0.6) is 0 Å². The highest BCUT2D eigenvalue weighted by molar-refractivity contribution is 6.16. The van der Waals surface area contributed by atoms with Gasteiger partial charge in [0.2, 0.25) is 0 Å². The van der Waals surface area contributed by atoms with E-state index in [9.17, 15) is 4.79 Å². The summed E-state index contributed by atoms with van der Waals surface area (Å²) >= 11 is 0. The molecule has 0 aliphatic heterocycles. The molecule has 0 saturated heterocycles. The van der Waals surface area contributed by atoms with Gasteiger partial charge in [0.1, 0.15) is 0 Å². The van der Waals surface area contributed by atoms with Gasteiger partial charge in [-0.2, -0.15) is 0 Å². The summed E-state index contributed by atoms with van der Waals surface area (Å²) in [7, 11) is 3.75. The summed E-state index contributed by atoms with van der Waals surface area (Å²) in [4.78, 5) is 13.6. The fourth-order valence-electron chi connectivity index (χ4n) is 1.33. The van der Waals surface area contributed by atoms with E-state index in [1.54, 1.807) is 13.1 Å². The van der Waals surface area contributed by atoms with E-state index in [1.807, 2.05) is 49.3 Å². The highest BCUT2D eigenvalue weighted by Gasteiger charge is 2.12. The van der Waals surface area contributed by atoms with E-state index in [0.717, 1.165) is 5.56 Å². The van der Waals surface area contributed by atoms with Gasteiger partial charge in [-0.1, -0.05) is 30.3 Å². The van der Waals surface area contributed by atoms with Crippen molar-refractivity contribution >= 4 is 11.5 Å². The van der Waals surface area contributed by atoms with Gasteiger partial charge in [-0.05, 0) is 12.5 Å². The molecule has 0 N–H and O–H groups in total. The van der Waals surface area contributed by atoms with Crippen molar-refractivity contribution in [1.29, 1.82) is 0 Å². The van der Waals surface area contributed by atoms with Crippen LogP contribution in [-0.4, -0.2) is 31.6 Å². The number of rotatable bonds is 4. The first kappa shape index (κ1) is 12.3. The van der Waals surface area contributed by atoms with Crippen molar-refractivity contribution in [3.8, 4) is 0 Å². The number of benzene rings is 1. The van der Waals surface area contributed by atoms with Crippen LogP contribution in [-0.2, 0) is 9.53 Å². The van der Waals surface area contributed by atoms with Crippen LogP contribution in [0.1, 0.15) is 12.5 Å². The van der Waals surface area contributed by atoms with Gasteiger partial charge in [0, 0.05) is 20.3 Å². The Morgan fingerprint density at radius 2 is 1.94 bits per heavy atom.